The van der Waals surface area contributed by atoms with E-state index in [0.29, 0.717) is 5.56 Å². The Morgan fingerprint density at radius 2 is 1.27 bits per heavy atom. The van der Waals surface area contributed by atoms with Crippen LogP contribution in [-0.4, -0.2) is 95.7 Å². The Morgan fingerprint density at radius 3 is 1.78 bits per heavy atom. The van der Waals surface area contributed by atoms with Crippen LogP contribution in [-0.2, 0) is 51.2 Å². The van der Waals surface area contributed by atoms with Crippen molar-refractivity contribution in [2.45, 2.75) is 123 Å². The molecule has 2 amide bonds. The molecule has 16 heteroatoms. The van der Waals surface area contributed by atoms with Crippen molar-refractivity contribution >= 4 is 29.9 Å². The van der Waals surface area contributed by atoms with Crippen molar-refractivity contribution in [3.63, 3.8) is 0 Å². The van der Waals surface area contributed by atoms with Crippen molar-refractivity contribution in [3.8, 4) is 5.75 Å². The maximum atomic E-state index is 15.2. The van der Waals surface area contributed by atoms with E-state index in [1.165, 1.54) is 33.2 Å². The predicted molar refractivity (Wildman–Crippen MR) is 192 cm³/mol. The number of carbonyl (C=O) groups is 5. The lowest BCUT2D eigenvalue weighted by Crippen LogP contribution is -2.52. The Hall–Kier alpha value is -4.89. The number of halogens is 4. The summed E-state index contributed by atoms with van der Waals surface area (Å²) in [6.07, 6.45) is -9.76. The van der Waals surface area contributed by atoms with E-state index in [9.17, 15) is 37.1 Å². The molecule has 0 spiro atoms. The van der Waals surface area contributed by atoms with E-state index in [1.807, 2.05) is 13.8 Å². The van der Waals surface area contributed by atoms with Crippen LogP contribution in [0.25, 0.3) is 0 Å². The minimum absolute atomic E-state index is 0.0828. The molecule has 0 radical (unpaired) electrons. The zero-order valence-electron chi connectivity index (χ0n) is 32.9. The number of ether oxygens (including phenoxy) is 5. The van der Waals surface area contributed by atoms with Crippen LogP contribution in [0.5, 0.6) is 5.75 Å². The standard InChI is InChI=1S/C39H52F4N2O10/c1-24(2)20-29(45(10)36(50)55-37(4,5)6)33(47)52-25(3)32(46)44(9)30(22-38(7,8)40)34(48)53-31(35(49)51-23-27-14-12-11-13-15-27)21-26-16-18-28(19-17-26)54-39(41,42)43/h11-19,24-25,29-31H,20-23H2,1-10H3/t25-,29+,30-,31-/m1/s1. The average molecular weight is 785 g/mol. The smallest absolute Gasteiger partial charge is 0.458 e. The fourth-order valence-electron chi connectivity index (χ4n) is 5.16. The molecule has 0 saturated carbocycles. The van der Waals surface area contributed by atoms with Crippen molar-refractivity contribution in [2.24, 2.45) is 5.92 Å². The number of likely N-dealkylation sites (N-methyl/N-ethyl adjacent to an activating group) is 2. The van der Waals surface area contributed by atoms with Crippen LogP contribution in [0.4, 0.5) is 22.4 Å². The van der Waals surface area contributed by atoms with Crippen molar-refractivity contribution in [2.75, 3.05) is 14.1 Å². The number of hydrogen-bond donors (Lipinski definition) is 0. The predicted octanol–water partition coefficient (Wildman–Crippen LogP) is 6.96. The van der Waals surface area contributed by atoms with Gasteiger partial charge in [-0.2, -0.15) is 0 Å². The molecule has 12 nitrogen and oxygen atoms in total. The van der Waals surface area contributed by atoms with Crippen LogP contribution in [0.2, 0.25) is 0 Å². The zero-order valence-corrected chi connectivity index (χ0v) is 32.9. The van der Waals surface area contributed by atoms with Gasteiger partial charge in [0.15, 0.2) is 6.10 Å². The number of rotatable bonds is 17. The van der Waals surface area contributed by atoms with Gasteiger partial charge in [0, 0.05) is 26.9 Å². The highest BCUT2D eigenvalue weighted by molar-refractivity contribution is 5.90. The molecular weight excluding hydrogens is 732 g/mol. The van der Waals surface area contributed by atoms with Gasteiger partial charge in [-0.25, -0.2) is 23.6 Å². The second kappa shape index (κ2) is 19.6. The van der Waals surface area contributed by atoms with Crippen LogP contribution >= 0.6 is 0 Å². The first kappa shape index (κ1) is 46.3. The summed E-state index contributed by atoms with van der Waals surface area (Å²) >= 11 is 0. The van der Waals surface area contributed by atoms with E-state index >= 15 is 4.39 Å². The molecule has 2 rings (SSSR count). The molecule has 0 aromatic heterocycles. The molecule has 0 unspecified atom stereocenters. The van der Waals surface area contributed by atoms with Gasteiger partial charge in [0.05, 0.1) is 0 Å². The molecule has 0 bridgehead atoms. The van der Waals surface area contributed by atoms with Gasteiger partial charge in [0.1, 0.15) is 35.7 Å². The summed E-state index contributed by atoms with van der Waals surface area (Å²) in [6.45, 7) is 12.0. The molecule has 0 saturated heterocycles. The Morgan fingerprint density at radius 1 is 0.709 bits per heavy atom. The second-order valence-electron chi connectivity index (χ2n) is 15.1. The summed E-state index contributed by atoms with van der Waals surface area (Å²) in [5.74, 6) is -4.68. The maximum absolute atomic E-state index is 15.2. The molecule has 0 heterocycles. The van der Waals surface area contributed by atoms with Gasteiger partial charge in [-0.3, -0.25) is 9.69 Å². The molecule has 0 aliphatic carbocycles. The SMILES string of the molecule is CC(C)C[C@@H](C(=O)O[C@H](C)C(=O)N(C)[C@H](CC(C)(C)F)C(=O)O[C@H](Cc1ccc(OC(F)(F)F)cc1)C(=O)OCc1ccccc1)N(C)C(=O)OC(C)(C)C. The van der Waals surface area contributed by atoms with E-state index in [0.717, 1.165) is 35.8 Å². The van der Waals surface area contributed by atoms with Crippen LogP contribution in [0.15, 0.2) is 54.6 Å². The lowest BCUT2D eigenvalue weighted by atomic mass is 9.99. The van der Waals surface area contributed by atoms with E-state index < -0.39 is 84.0 Å². The number of carbonyl (C=O) groups excluding carboxylic acids is 5. The van der Waals surface area contributed by atoms with Gasteiger partial charge < -0.3 is 28.6 Å². The molecular formula is C39H52F4N2O10. The largest absolute Gasteiger partial charge is 0.573 e. The minimum atomic E-state index is -4.94. The normalized spacial score (nSPS) is 14.2. The molecule has 0 aliphatic heterocycles. The van der Waals surface area contributed by atoms with Crippen LogP contribution < -0.4 is 4.74 Å². The molecule has 0 N–H and O–H groups in total. The first-order valence-electron chi connectivity index (χ1n) is 17.6. The molecule has 306 valence electrons. The second-order valence-corrected chi connectivity index (χ2v) is 15.1. The monoisotopic (exact) mass is 784 g/mol. The minimum Gasteiger partial charge on any atom is -0.458 e. The number of esters is 3. The van der Waals surface area contributed by atoms with Crippen LogP contribution in [0.1, 0.15) is 79.4 Å². The lowest BCUT2D eigenvalue weighted by molar-refractivity contribution is -0.274. The summed E-state index contributed by atoms with van der Waals surface area (Å²) in [5.41, 5.74) is -2.06. The molecule has 0 fully saturated rings. The van der Waals surface area contributed by atoms with Crippen LogP contribution in [0, 0.1) is 5.92 Å². The lowest BCUT2D eigenvalue weighted by Gasteiger charge is -2.33. The Balaban J connectivity index is 2.35. The summed E-state index contributed by atoms with van der Waals surface area (Å²) in [4.78, 5) is 68.9. The molecule has 0 aliphatic rings. The number of alkyl halides is 4. The summed E-state index contributed by atoms with van der Waals surface area (Å²) in [5, 5.41) is 0. The number of nitrogens with zero attached hydrogens (tertiary/aromatic N) is 2. The topological polar surface area (TPSA) is 138 Å². The van der Waals surface area contributed by atoms with Crippen molar-refractivity contribution in [1.29, 1.82) is 0 Å². The average Bonchev–Trinajstić information content (AvgIpc) is 3.06. The summed E-state index contributed by atoms with van der Waals surface area (Å²) < 4.78 is 79.1. The highest BCUT2D eigenvalue weighted by atomic mass is 19.4. The number of benzene rings is 2. The van der Waals surface area contributed by atoms with Crippen molar-refractivity contribution in [3.05, 3.63) is 65.7 Å². The Kier molecular flexibility index (Phi) is 16.5. The fraction of sp³-hybridized carbons (Fsp3) is 0.564. The van der Waals surface area contributed by atoms with E-state index in [-0.39, 0.29) is 30.9 Å². The molecule has 2 aromatic rings. The van der Waals surface area contributed by atoms with E-state index in [1.54, 1.807) is 51.1 Å². The third kappa shape index (κ3) is 16.6. The molecule has 2 aromatic carbocycles. The van der Waals surface area contributed by atoms with Gasteiger partial charge in [-0.05, 0) is 77.1 Å². The van der Waals surface area contributed by atoms with Crippen molar-refractivity contribution < 1.29 is 65.2 Å². The first-order valence-corrected chi connectivity index (χ1v) is 17.6. The Bertz CT molecular complexity index is 1590. The van der Waals surface area contributed by atoms with Gasteiger partial charge in [0.2, 0.25) is 6.10 Å². The highest BCUT2D eigenvalue weighted by Gasteiger charge is 2.40. The number of hydrogen-bond acceptors (Lipinski definition) is 10. The third-order valence-corrected chi connectivity index (χ3v) is 7.85. The van der Waals surface area contributed by atoms with E-state index in [4.69, 9.17) is 18.9 Å². The highest BCUT2D eigenvalue weighted by Crippen LogP contribution is 2.26. The number of amides is 2. The van der Waals surface area contributed by atoms with Crippen molar-refractivity contribution in [1.82, 2.24) is 9.80 Å². The van der Waals surface area contributed by atoms with Gasteiger partial charge in [-0.15, -0.1) is 13.2 Å². The quantitative estimate of drug-likeness (QED) is 0.0941. The summed E-state index contributed by atoms with van der Waals surface area (Å²) in [6, 6.07) is 10.2. The zero-order chi connectivity index (χ0) is 41.9. The molecule has 4 atom stereocenters. The fourth-order valence-corrected chi connectivity index (χ4v) is 5.16. The maximum Gasteiger partial charge on any atom is 0.573 e. The summed E-state index contributed by atoms with van der Waals surface area (Å²) in [7, 11) is 2.53. The first-order chi connectivity index (χ1) is 25.3. The Labute approximate surface area is 319 Å². The van der Waals surface area contributed by atoms with Gasteiger partial charge in [0.25, 0.3) is 5.91 Å². The van der Waals surface area contributed by atoms with E-state index in [2.05, 4.69) is 4.74 Å². The van der Waals surface area contributed by atoms with Gasteiger partial charge in [-0.1, -0.05) is 56.3 Å². The van der Waals surface area contributed by atoms with Gasteiger partial charge >= 0.3 is 30.4 Å². The van der Waals surface area contributed by atoms with Crippen LogP contribution in [0.3, 0.4) is 0 Å². The third-order valence-electron chi connectivity index (χ3n) is 7.85. The molecule has 55 heavy (non-hydrogen) atoms.